The zero-order chi connectivity index (χ0) is 14.3. The summed E-state index contributed by atoms with van der Waals surface area (Å²) < 4.78 is 15.2. The molecule has 0 unspecified atom stereocenters. The maximum Gasteiger partial charge on any atom is 0.352 e. The molecule has 1 aromatic rings. The third-order valence-corrected chi connectivity index (χ3v) is 2.12. The average Bonchev–Trinajstić information content (AvgIpc) is 2.32. The molecular formula is C10H16N4O5. The Morgan fingerprint density at radius 3 is 2.58 bits per heavy atom. The normalized spacial score (nSPS) is 10.4. The predicted octanol–water partition coefficient (Wildman–Crippen LogP) is 0.317. The number of hydrogen-bond donors (Lipinski definition) is 1. The second-order valence-electron chi connectivity index (χ2n) is 3.53. The summed E-state index contributed by atoms with van der Waals surface area (Å²) in [5, 5.41) is 10.9. The number of aromatic nitrogens is 2. The van der Waals surface area contributed by atoms with Crippen LogP contribution >= 0.6 is 0 Å². The summed E-state index contributed by atoms with van der Waals surface area (Å²) in [6.07, 6.45) is 0. The first-order valence-electron chi connectivity index (χ1n) is 5.54. The topological polar surface area (TPSA) is 123 Å². The average molecular weight is 272 g/mol. The Labute approximate surface area is 109 Å². The molecule has 0 saturated heterocycles. The molecule has 0 aliphatic heterocycles. The van der Waals surface area contributed by atoms with Crippen molar-refractivity contribution in [1.29, 1.82) is 0 Å². The quantitative estimate of drug-likeness (QED) is 0.407. The van der Waals surface area contributed by atoms with Gasteiger partial charge in [0.05, 0.1) is 24.7 Å². The minimum absolute atomic E-state index is 0.0709. The van der Waals surface area contributed by atoms with Gasteiger partial charge in [0.2, 0.25) is 5.95 Å². The standard InChI is InChI=1S/C10H16N4O5/c1-7-8(14(15)16)9(13-10(11)12-7)19-6-5-18-4-3-17-2/h3-6H2,1-2H3,(H2,11,12,13). The van der Waals surface area contributed by atoms with E-state index >= 15 is 0 Å². The molecule has 0 atom stereocenters. The molecule has 0 aliphatic rings. The lowest BCUT2D eigenvalue weighted by molar-refractivity contribution is -0.387. The Morgan fingerprint density at radius 1 is 1.26 bits per heavy atom. The number of aryl methyl sites for hydroxylation is 1. The van der Waals surface area contributed by atoms with Crippen LogP contribution in [0.4, 0.5) is 11.6 Å². The van der Waals surface area contributed by atoms with Gasteiger partial charge in [0.25, 0.3) is 5.88 Å². The highest BCUT2D eigenvalue weighted by molar-refractivity contribution is 5.47. The van der Waals surface area contributed by atoms with E-state index in [4.69, 9.17) is 19.9 Å². The molecule has 0 aliphatic carbocycles. The maximum atomic E-state index is 10.9. The smallest absolute Gasteiger partial charge is 0.352 e. The van der Waals surface area contributed by atoms with Gasteiger partial charge in [0.15, 0.2) is 0 Å². The largest absolute Gasteiger partial charge is 0.470 e. The van der Waals surface area contributed by atoms with Crippen molar-refractivity contribution in [1.82, 2.24) is 9.97 Å². The third-order valence-electron chi connectivity index (χ3n) is 2.12. The van der Waals surface area contributed by atoms with Crippen LogP contribution in [-0.4, -0.2) is 48.4 Å². The minimum Gasteiger partial charge on any atom is -0.470 e. The van der Waals surface area contributed by atoms with Gasteiger partial charge in [-0.25, -0.2) is 4.98 Å². The van der Waals surface area contributed by atoms with Crippen molar-refractivity contribution in [3.63, 3.8) is 0 Å². The SMILES string of the molecule is COCCOCCOc1nc(N)nc(C)c1[N+](=O)[O-]. The lowest BCUT2D eigenvalue weighted by Gasteiger charge is -2.08. The van der Waals surface area contributed by atoms with E-state index in [1.54, 1.807) is 7.11 Å². The number of methoxy groups -OCH3 is 1. The van der Waals surface area contributed by atoms with E-state index in [0.717, 1.165) is 0 Å². The van der Waals surface area contributed by atoms with Crippen molar-refractivity contribution in [2.45, 2.75) is 6.92 Å². The Morgan fingerprint density at radius 2 is 1.95 bits per heavy atom. The summed E-state index contributed by atoms with van der Waals surface area (Å²) in [6, 6.07) is 0. The van der Waals surface area contributed by atoms with Crippen LogP contribution in [-0.2, 0) is 9.47 Å². The maximum absolute atomic E-state index is 10.9. The van der Waals surface area contributed by atoms with E-state index in [2.05, 4.69) is 9.97 Å². The Hall–Kier alpha value is -2.00. The summed E-state index contributed by atoms with van der Waals surface area (Å²) in [6.45, 7) is 2.76. The molecule has 0 amide bonds. The molecule has 9 nitrogen and oxygen atoms in total. The molecule has 0 saturated carbocycles. The second-order valence-corrected chi connectivity index (χ2v) is 3.53. The van der Waals surface area contributed by atoms with Crippen LogP contribution in [0.25, 0.3) is 0 Å². The fourth-order valence-electron chi connectivity index (χ4n) is 1.31. The van der Waals surface area contributed by atoms with Crippen molar-refractivity contribution < 1.29 is 19.1 Å². The molecule has 0 fully saturated rings. The number of nitrogens with zero attached hydrogens (tertiary/aromatic N) is 3. The summed E-state index contributed by atoms with van der Waals surface area (Å²) in [5.41, 5.74) is 5.30. The molecule has 0 aromatic carbocycles. The molecule has 1 aromatic heterocycles. The monoisotopic (exact) mass is 272 g/mol. The van der Waals surface area contributed by atoms with Crippen LogP contribution in [0.15, 0.2) is 0 Å². The zero-order valence-electron chi connectivity index (χ0n) is 10.8. The Balaban J connectivity index is 2.59. The van der Waals surface area contributed by atoms with Crippen molar-refractivity contribution in [3.8, 4) is 5.88 Å². The van der Waals surface area contributed by atoms with Gasteiger partial charge in [-0.2, -0.15) is 4.98 Å². The van der Waals surface area contributed by atoms with Gasteiger partial charge in [0.1, 0.15) is 12.3 Å². The Bertz CT molecular complexity index is 440. The second kappa shape index (κ2) is 7.44. The van der Waals surface area contributed by atoms with Crippen LogP contribution in [0.1, 0.15) is 5.69 Å². The fraction of sp³-hybridized carbons (Fsp3) is 0.600. The van der Waals surface area contributed by atoms with Gasteiger partial charge in [-0.3, -0.25) is 10.1 Å². The summed E-state index contributed by atoms with van der Waals surface area (Å²) in [5.74, 6) is -0.219. The van der Waals surface area contributed by atoms with Crippen LogP contribution in [0.5, 0.6) is 5.88 Å². The molecule has 0 bridgehead atoms. The van der Waals surface area contributed by atoms with Gasteiger partial charge in [-0.1, -0.05) is 0 Å². The van der Waals surface area contributed by atoms with Gasteiger partial charge < -0.3 is 19.9 Å². The van der Waals surface area contributed by atoms with Crippen LogP contribution in [0, 0.1) is 17.0 Å². The summed E-state index contributed by atoms with van der Waals surface area (Å²) in [7, 11) is 1.57. The third kappa shape index (κ3) is 4.64. The van der Waals surface area contributed by atoms with E-state index in [0.29, 0.717) is 13.2 Å². The van der Waals surface area contributed by atoms with Crippen molar-refractivity contribution in [2.75, 3.05) is 39.3 Å². The molecule has 1 heterocycles. The predicted molar refractivity (Wildman–Crippen MR) is 66.0 cm³/mol. The van der Waals surface area contributed by atoms with E-state index < -0.39 is 4.92 Å². The van der Waals surface area contributed by atoms with Crippen LogP contribution < -0.4 is 10.5 Å². The number of anilines is 1. The van der Waals surface area contributed by atoms with E-state index in [1.807, 2.05) is 0 Å². The van der Waals surface area contributed by atoms with Gasteiger partial charge >= 0.3 is 5.69 Å². The number of nitrogen functional groups attached to an aromatic ring is 1. The lowest BCUT2D eigenvalue weighted by Crippen LogP contribution is -2.13. The van der Waals surface area contributed by atoms with E-state index in [1.165, 1.54) is 6.92 Å². The van der Waals surface area contributed by atoms with Gasteiger partial charge in [-0.05, 0) is 6.92 Å². The van der Waals surface area contributed by atoms with Crippen molar-refractivity contribution in [2.24, 2.45) is 0 Å². The summed E-state index contributed by atoms with van der Waals surface area (Å²) in [4.78, 5) is 17.7. The highest BCUT2D eigenvalue weighted by Crippen LogP contribution is 2.27. The number of hydrogen-bond acceptors (Lipinski definition) is 8. The van der Waals surface area contributed by atoms with Crippen molar-refractivity contribution in [3.05, 3.63) is 15.8 Å². The zero-order valence-corrected chi connectivity index (χ0v) is 10.8. The molecule has 1 rings (SSSR count). The van der Waals surface area contributed by atoms with E-state index in [-0.39, 0.29) is 36.4 Å². The first-order valence-corrected chi connectivity index (χ1v) is 5.54. The number of rotatable bonds is 8. The molecular weight excluding hydrogens is 256 g/mol. The van der Waals surface area contributed by atoms with Crippen LogP contribution in [0.3, 0.4) is 0 Å². The molecule has 106 valence electrons. The highest BCUT2D eigenvalue weighted by atomic mass is 16.6. The summed E-state index contributed by atoms with van der Waals surface area (Å²) >= 11 is 0. The molecule has 0 spiro atoms. The molecule has 9 heteroatoms. The van der Waals surface area contributed by atoms with Crippen molar-refractivity contribution >= 4 is 11.6 Å². The fourth-order valence-corrected chi connectivity index (χ4v) is 1.31. The molecule has 0 radical (unpaired) electrons. The lowest BCUT2D eigenvalue weighted by atomic mass is 10.3. The molecule has 19 heavy (non-hydrogen) atoms. The van der Waals surface area contributed by atoms with Gasteiger partial charge in [0, 0.05) is 7.11 Å². The highest BCUT2D eigenvalue weighted by Gasteiger charge is 2.22. The number of nitro groups is 1. The number of nitrogens with two attached hydrogens (primary N) is 1. The first-order chi connectivity index (χ1) is 9.06. The van der Waals surface area contributed by atoms with E-state index in [9.17, 15) is 10.1 Å². The first kappa shape index (κ1) is 15.1. The minimum atomic E-state index is -0.601. The molecule has 2 N–H and O–H groups in total. The number of ether oxygens (including phenoxy) is 3. The Kier molecular flexibility index (Phi) is 5.90. The van der Waals surface area contributed by atoms with Gasteiger partial charge in [-0.15, -0.1) is 0 Å². The van der Waals surface area contributed by atoms with Crippen LogP contribution in [0.2, 0.25) is 0 Å².